The molecule has 0 aliphatic heterocycles. The first-order chi connectivity index (χ1) is 7.31. The summed E-state index contributed by atoms with van der Waals surface area (Å²) < 4.78 is 18.8. The van der Waals surface area contributed by atoms with Crippen LogP contribution in [0.3, 0.4) is 0 Å². The van der Waals surface area contributed by atoms with Crippen molar-refractivity contribution in [1.82, 2.24) is 0 Å². The monoisotopic (exact) mass is 209 g/mol. The van der Waals surface area contributed by atoms with Crippen LogP contribution in [0.25, 0.3) is 0 Å². The molecule has 0 amide bonds. The Morgan fingerprint density at radius 2 is 2.20 bits per heavy atom. The predicted octanol–water partition coefficient (Wildman–Crippen LogP) is 2.46. The van der Waals surface area contributed by atoms with Crippen LogP contribution < -0.4 is 10.5 Å². The van der Waals surface area contributed by atoms with Crippen LogP contribution in [-0.4, -0.2) is 6.61 Å². The second-order valence-corrected chi connectivity index (χ2v) is 4.00. The second-order valence-electron chi connectivity index (χ2n) is 4.00. The normalized spacial score (nSPS) is 15.3. The zero-order valence-corrected chi connectivity index (χ0v) is 8.71. The van der Waals surface area contributed by atoms with Crippen LogP contribution in [-0.2, 0) is 6.54 Å². The molecule has 0 bridgehead atoms. The number of benzene rings is 1. The lowest BCUT2D eigenvalue weighted by Crippen LogP contribution is -2.06. The van der Waals surface area contributed by atoms with Gasteiger partial charge in [0, 0.05) is 12.1 Å². The maximum absolute atomic E-state index is 13.3. The lowest BCUT2D eigenvalue weighted by Gasteiger charge is -2.10. The minimum atomic E-state index is -0.276. The van der Waals surface area contributed by atoms with Gasteiger partial charge in [0.2, 0.25) is 0 Å². The molecule has 0 unspecified atom stereocenters. The summed E-state index contributed by atoms with van der Waals surface area (Å²) >= 11 is 0. The van der Waals surface area contributed by atoms with Crippen LogP contribution in [0.5, 0.6) is 5.75 Å². The third kappa shape index (κ3) is 2.69. The Morgan fingerprint density at radius 3 is 2.87 bits per heavy atom. The quantitative estimate of drug-likeness (QED) is 0.808. The van der Waals surface area contributed by atoms with E-state index >= 15 is 0 Å². The molecule has 0 atom stereocenters. The van der Waals surface area contributed by atoms with Crippen molar-refractivity contribution in [2.45, 2.75) is 25.8 Å². The molecule has 1 saturated carbocycles. The summed E-state index contributed by atoms with van der Waals surface area (Å²) in [6.07, 6.45) is 3.70. The predicted molar refractivity (Wildman–Crippen MR) is 57.1 cm³/mol. The third-order valence-corrected chi connectivity index (χ3v) is 2.76. The zero-order valence-electron chi connectivity index (χ0n) is 8.71. The van der Waals surface area contributed by atoms with Gasteiger partial charge in [-0.25, -0.2) is 4.39 Å². The van der Waals surface area contributed by atoms with Crippen LogP contribution in [0.1, 0.15) is 24.8 Å². The molecular weight excluding hydrogens is 193 g/mol. The first kappa shape index (κ1) is 10.4. The molecule has 3 heteroatoms. The maximum Gasteiger partial charge on any atom is 0.131 e. The van der Waals surface area contributed by atoms with E-state index in [1.807, 2.05) is 0 Å². The number of rotatable bonds is 5. The van der Waals surface area contributed by atoms with Crippen molar-refractivity contribution in [1.29, 1.82) is 0 Å². The van der Waals surface area contributed by atoms with Gasteiger partial charge in [-0.3, -0.25) is 0 Å². The molecule has 15 heavy (non-hydrogen) atoms. The van der Waals surface area contributed by atoms with Crippen molar-refractivity contribution in [2.75, 3.05) is 6.61 Å². The van der Waals surface area contributed by atoms with E-state index in [0.717, 1.165) is 12.3 Å². The highest BCUT2D eigenvalue weighted by atomic mass is 19.1. The molecule has 0 heterocycles. The van der Waals surface area contributed by atoms with E-state index in [1.165, 1.54) is 18.9 Å². The van der Waals surface area contributed by atoms with Gasteiger partial charge >= 0.3 is 0 Å². The molecule has 1 aliphatic carbocycles. The van der Waals surface area contributed by atoms with Crippen LogP contribution in [0, 0.1) is 11.7 Å². The molecule has 0 spiro atoms. The van der Waals surface area contributed by atoms with Gasteiger partial charge in [0.1, 0.15) is 11.6 Å². The van der Waals surface area contributed by atoms with E-state index < -0.39 is 0 Å². The summed E-state index contributed by atoms with van der Waals surface area (Å²) in [5.41, 5.74) is 5.96. The van der Waals surface area contributed by atoms with Gasteiger partial charge in [-0.1, -0.05) is 18.9 Å². The van der Waals surface area contributed by atoms with E-state index in [0.29, 0.717) is 17.9 Å². The van der Waals surface area contributed by atoms with Crippen molar-refractivity contribution in [3.8, 4) is 5.75 Å². The average Bonchev–Trinajstić information content (AvgIpc) is 3.02. The lowest BCUT2D eigenvalue weighted by molar-refractivity contribution is 0.297. The Balaban J connectivity index is 1.95. The van der Waals surface area contributed by atoms with Gasteiger partial charge in [0.25, 0.3) is 0 Å². The first-order valence-corrected chi connectivity index (χ1v) is 5.41. The molecule has 82 valence electrons. The molecule has 0 saturated heterocycles. The highest BCUT2D eigenvalue weighted by Crippen LogP contribution is 2.32. The summed E-state index contributed by atoms with van der Waals surface area (Å²) in [5, 5.41) is 0. The fraction of sp³-hybridized carbons (Fsp3) is 0.500. The van der Waals surface area contributed by atoms with Gasteiger partial charge < -0.3 is 10.5 Å². The maximum atomic E-state index is 13.3. The van der Waals surface area contributed by atoms with E-state index in [9.17, 15) is 4.39 Å². The molecule has 1 fully saturated rings. The van der Waals surface area contributed by atoms with Crippen LogP contribution in [0.15, 0.2) is 18.2 Å². The first-order valence-electron chi connectivity index (χ1n) is 5.41. The smallest absolute Gasteiger partial charge is 0.131 e. The fourth-order valence-electron chi connectivity index (χ4n) is 1.61. The molecule has 1 aromatic carbocycles. The van der Waals surface area contributed by atoms with Crippen molar-refractivity contribution in [2.24, 2.45) is 11.7 Å². The SMILES string of the molecule is NCc1c(F)cccc1OCCC1CC1. The molecular formula is C12H16FNO. The van der Waals surface area contributed by atoms with Crippen molar-refractivity contribution >= 4 is 0 Å². The minimum Gasteiger partial charge on any atom is -0.493 e. The number of hydrogen-bond acceptors (Lipinski definition) is 2. The van der Waals surface area contributed by atoms with E-state index in [1.54, 1.807) is 12.1 Å². The van der Waals surface area contributed by atoms with Gasteiger partial charge in [-0.05, 0) is 24.5 Å². The zero-order chi connectivity index (χ0) is 10.7. The summed E-state index contributed by atoms with van der Waals surface area (Å²) in [6.45, 7) is 0.854. The van der Waals surface area contributed by atoms with Crippen LogP contribution >= 0.6 is 0 Å². The third-order valence-electron chi connectivity index (χ3n) is 2.76. The molecule has 0 aromatic heterocycles. The Kier molecular flexibility index (Phi) is 3.21. The summed E-state index contributed by atoms with van der Waals surface area (Å²) in [6, 6.07) is 4.84. The number of ether oxygens (including phenoxy) is 1. The van der Waals surface area contributed by atoms with Crippen molar-refractivity contribution < 1.29 is 9.13 Å². The molecule has 2 N–H and O–H groups in total. The molecule has 0 radical (unpaired) electrons. The molecule has 2 rings (SSSR count). The van der Waals surface area contributed by atoms with Gasteiger partial charge in [0.05, 0.1) is 6.61 Å². The summed E-state index contributed by atoms with van der Waals surface area (Å²) in [7, 11) is 0. The van der Waals surface area contributed by atoms with Gasteiger partial charge in [-0.2, -0.15) is 0 Å². The number of nitrogens with two attached hydrogens (primary N) is 1. The molecule has 1 aromatic rings. The van der Waals surface area contributed by atoms with E-state index in [4.69, 9.17) is 10.5 Å². The highest BCUT2D eigenvalue weighted by Gasteiger charge is 2.20. The topological polar surface area (TPSA) is 35.2 Å². The van der Waals surface area contributed by atoms with E-state index in [2.05, 4.69) is 0 Å². The standard InChI is InChI=1S/C12H16FNO/c13-11-2-1-3-12(10(11)8-14)15-7-6-9-4-5-9/h1-3,9H,4-8,14H2. The number of hydrogen-bond donors (Lipinski definition) is 1. The van der Waals surface area contributed by atoms with Gasteiger partial charge in [-0.15, -0.1) is 0 Å². The van der Waals surface area contributed by atoms with E-state index in [-0.39, 0.29) is 12.4 Å². The number of halogens is 1. The van der Waals surface area contributed by atoms with Crippen molar-refractivity contribution in [3.05, 3.63) is 29.6 Å². The fourth-order valence-corrected chi connectivity index (χ4v) is 1.61. The van der Waals surface area contributed by atoms with Crippen LogP contribution in [0.4, 0.5) is 4.39 Å². The lowest BCUT2D eigenvalue weighted by atomic mass is 10.2. The Hall–Kier alpha value is -1.09. The van der Waals surface area contributed by atoms with Gasteiger partial charge in [0.15, 0.2) is 0 Å². The molecule has 1 aliphatic rings. The minimum absolute atomic E-state index is 0.186. The second kappa shape index (κ2) is 4.62. The largest absolute Gasteiger partial charge is 0.493 e. The highest BCUT2D eigenvalue weighted by molar-refractivity contribution is 5.34. The summed E-state index contributed by atoms with van der Waals surface area (Å²) in [5.74, 6) is 1.15. The Labute approximate surface area is 89.2 Å². The average molecular weight is 209 g/mol. The Morgan fingerprint density at radius 1 is 1.40 bits per heavy atom. The van der Waals surface area contributed by atoms with Crippen LogP contribution in [0.2, 0.25) is 0 Å². The molecule has 2 nitrogen and oxygen atoms in total. The Bertz CT molecular complexity index is 336. The van der Waals surface area contributed by atoms with Crippen molar-refractivity contribution in [3.63, 3.8) is 0 Å². The summed E-state index contributed by atoms with van der Waals surface area (Å²) in [4.78, 5) is 0.